The molecule has 1 aliphatic carbocycles. The lowest BCUT2D eigenvalue weighted by molar-refractivity contribution is -0.157. The summed E-state index contributed by atoms with van der Waals surface area (Å²) in [6, 6.07) is 6.19. The molecule has 1 saturated heterocycles. The molecule has 1 heterocycles. The lowest BCUT2D eigenvalue weighted by atomic mass is 9.88. The molecule has 138 valence electrons. The second kappa shape index (κ2) is 8.28. The van der Waals surface area contributed by atoms with E-state index in [1.54, 1.807) is 17.0 Å². The molecule has 1 atom stereocenters. The minimum atomic E-state index is -1.31. The number of nitrogens with zero attached hydrogens (tertiary/aromatic N) is 1. The third kappa shape index (κ3) is 4.79. The smallest absolute Gasteiger partial charge is 0.256 e. The summed E-state index contributed by atoms with van der Waals surface area (Å²) in [6.45, 7) is 2.26. The van der Waals surface area contributed by atoms with Crippen LogP contribution in [0.15, 0.2) is 24.3 Å². The second-order valence-electron chi connectivity index (χ2n) is 7.62. The van der Waals surface area contributed by atoms with Gasteiger partial charge in [0.1, 0.15) is 5.82 Å². The Morgan fingerprint density at radius 2 is 1.88 bits per heavy atom. The summed E-state index contributed by atoms with van der Waals surface area (Å²) in [7, 11) is 0. The standard InChI is InChI=1S/C20H29FN2O2/c21-18-9-7-17(8-10-18)14-23-12-4-11-20(25,19(23)24)15-22-13-16-5-2-1-3-6-16/h7-10,16,22,25H,1-6,11-15H2. The van der Waals surface area contributed by atoms with Crippen molar-refractivity contribution in [2.45, 2.75) is 57.1 Å². The molecule has 0 spiro atoms. The minimum Gasteiger partial charge on any atom is -0.379 e. The topological polar surface area (TPSA) is 52.6 Å². The molecule has 3 rings (SSSR count). The summed E-state index contributed by atoms with van der Waals surface area (Å²) in [5.74, 6) is 0.183. The van der Waals surface area contributed by atoms with Crippen molar-refractivity contribution in [1.82, 2.24) is 10.2 Å². The predicted molar refractivity (Wildman–Crippen MR) is 95.4 cm³/mol. The van der Waals surface area contributed by atoms with Gasteiger partial charge in [-0.1, -0.05) is 31.4 Å². The maximum Gasteiger partial charge on any atom is 0.256 e. The van der Waals surface area contributed by atoms with Gasteiger partial charge in [0.15, 0.2) is 5.60 Å². The summed E-state index contributed by atoms with van der Waals surface area (Å²) in [4.78, 5) is 14.5. The molecular formula is C20H29FN2O2. The van der Waals surface area contributed by atoms with Gasteiger partial charge in [0.05, 0.1) is 0 Å². The molecule has 1 unspecified atom stereocenters. The van der Waals surface area contributed by atoms with Crippen LogP contribution in [0.1, 0.15) is 50.5 Å². The molecule has 5 heteroatoms. The van der Waals surface area contributed by atoms with Gasteiger partial charge in [-0.05, 0) is 55.8 Å². The Morgan fingerprint density at radius 3 is 2.60 bits per heavy atom. The van der Waals surface area contributed by atoms with Crippen LogP contribution in [0.25, 0.3) is 0 Å². The van der Waals surface area contributed by atoms with Gasteiger partial charge >= 0.3 is 0 Å². The number of rotatable bonds is 6. The van der Waals surface area contributed by atoms with E-state index < -0.39 is 5.60 Å². The number of carbonyl (C=O) groups excluding carboxylic acids is 1. The quantitative estimate of drug-likeness (QED) is 0.831. The SMILES string of the molecule is O=C1N(Cc2ccc(F)cc2)CCCC1(O)CNCC1CCCCC1. The lowest BCUT2D eigenvalue weighted by Gasteiger charge is -2.38. The molecule has 1 amide bonds. The van der Waals surface area contributed by atoms with Gasteiger partial charge in [-0.3, -0.25) is 4.79 Å². The van der Waals surface area contributed by atoms with Crippen LogP contribution in [0, 0.1) is 11.7 Å². The van der Waals surface area contributed by atoms with Crippen LogP contribution in [-0.2, 0) is 11.3 Å². The van der Waals surface area contributed by atoms with E-state index in [4.69, 9.17) is 0 Å². The average molecular weight is 348 g/mol. The van der Waals surface area contributed by atoms with Crippen LogP contribution in [0.5, 0.6) is 0 Å². The predicted octanol–water partition coefficient (Wildman–Crippen LogP) is 2.85. The molecule has 2 aliphatic rings. The van der Waals surface area contributed by atoms with E-state index in [9.17, 15) is 14.3 Å². The van der Waals surface area contributed by atoms with Gasteiger partial charge in [0.2, 0.25) is 0 Å². The van der Waals surface area contributed by atoms with Crippen LogP contribution in [-0.4, -0.2) is 41.1 Å². The van der Waals surface area contributed by atoms with Gasteiger partial charge in [-0.2, -0.15) is 0 Å². The van der Waals surface area contributed by atoms with E-state index in [1.807, 2.05) is 0 Å². The van der Waals surface area contributed by atoms with Gasteiger partial charge in [-0.25, -0.2) is 4.39 Å². The Hall–Kier alpha value is -1.46. The average Bonchev–Trinajstić information content (AvgIpc) is 2.62. The van der Waals surface area contributed by atoms with Crippen molar-refractivity contribution in [1.29, 1.82) is 0 Å². The zero-order valence-corrected chi connectivity index (χ0v) is 14.8. The van der Waals surface area contributed by atoms with Gasteiger partial charge in [0, 0.05) is 19.6 Å². The van der Waals surface area contributed by atoms with E-state index in [2.05, 4.69) is 5.32 Å². The number of benzene rings is 1. The van der Waals surface area contributed by atoms with Crippen LogP contribution in [0.4, 0.5) is 4.39 Å². The Kier molecular flexibility index (Phi) is 6.07. The number of aliphatic hydroxyl groups is 1. The summed E-state index contributed by atoms with van der Waals surface area (Å²) in [5, 5.41) is 14.2. The Bertz CT molecular complexity index is 572. The van der Waals surface area contributed by atoms with E-state index in [-0.39, 0.29) is 11.7 Å². The fourth-order valence-electron chi connectivity index (χ4n) is 4.06. The van der Waals surface area contributed by atoms with Crippen molar-refractivity contribution in [2.24, 2.45) is 5.92 Å². The number of amides is 1. The first kappa shape index (κ1) is 18.3. The third-order valence-electron chi connectivity index (χ3n) is 5.57. The normalized spacial score (nSPS) is 25.4. The van der Waals surface area contributed by atoms with Crippen LogP contribution >= 0.6 is 0 Å². The van der Waals surface area contributed by atoms with Crippen LogP contribution in [0.3, 0.4) is 0 Å². The van der Waals surface area contributed by atoms with Crippen molar-refractivity contribution in [3.05, 3.63) is 35.6 Å². The maximum atomic E-state index is 13.0. The summed E-state index contributed by atoms with van der Waals surface area (Å²) >= 11 is 0. The van der Waals surface area contributed by atoms with Crippen molar-refractivity contribution in [2.75, 3.05) is 19.6 Å². The fourth-order valence-corrected chi connectivity index (χ4v) is 4.06. The van der Waals surface area contributed by atoms with Crippen LogP contribution < -0.4 is 5.32 Å². The number of carbonyl (C=O) groups is 1. The zero-order chi connectivity index (χ0) is 17.7. The van der Waals surface area contributed by atoms with E-state index in [0.717, 1.165) is 18.5 Å². The number of nitrogens with one attached hydrogen (secondary N) is 1. The molecule has 1 saturated carbocycles. The van der Waals surface area contributed by atoms with Gasteiger partial charge < -0.3 is 15.3 Å². The minimum absolute atomic E-state index is 0.209. The van der Waals surface area contributed by atoms with Crippen molar-refractivity contribution in [3.63, 3.8) is 0 Å². The van der Waals surface area contributed by atoms with Gasteiger partial charge in [-0.15, -0.1) is 0 Å². The number of piperidine rings is 1. The number of hydrogen-bond acceptors (Lipinski definition) is 3. The first-order valence-electron chi connectivity index (χ1n) is 9.54. The maximum absolute atomic E-state index is 13.0. The van der Waals surface area contributed by atoms with Crippen LogP contribution in [0.2, 0.25) is 0 Å². The largest absolute Gasteiger partial charge is 0.379 e. The Labute approximate surface area is 149 Å². The lowest BCUT2D eigenvalue weighted by Crippen LogP contribution is -2.58. The molecule has 2 fully saturated rings. The fraction of sp³-hybridized carbons (Fsp3) is 0.650. The molecule has 0 radical (unpaired) electrons. The van der Waals surface area contributed by atoms with E-state index in [0.29, 0.717) is 32.0 Å². The zero-order valence-electron chi connectivity index (χ0n) is 14.8. The number of hydrogen-bond donors (Lipinski definition) is 2. The molecule has 4 nitrogen and oxygen atoms in total. The van der Waals surface area contributed by atoms with E-state index >= 15 is 0 Å². The highest BCUT2D eigenvalue weighted by Gasteiger charge is 2.41. The Balaban J connectivity index is 1.53. The molecule has 2 N–H and O–H groups in total. The molecule has 1 aromatic carbocycles. The number of halogens is 1. The molecule has 0 bridgehead atoms. The van der Waals surface area contributed by atoms with Crippen molar-refractivity contribution >= 4 is 5.91 Å². The third-order valence-corrected chi connectivity index (χ3v) is 5.57. The van der Waals surface area contributed by atoms with Crippen molar-refractivity contribution in [3.8, 4) is 0 Å². The highest BCUT2D eigenvalue weighted by Crippen LogP contribution is 2.25. The number of likely N-dealkylation sites (tertiary alicyclic amines) is 1. The summed E-state index contributed by atoms with van der Waals surface area (Å²) in [6.07, 6.45) is 7.70. The molecule has 1 aliphatic heterocycles. The first-order chi connectivity index (χ1) is 12.1. The summed E-state index contributed by atoms with van der Waals surface area (Å²) < 4.78 is 13.0. The van der Waals surface area contributed by atoms with E-state index in [1.165, 1.54) is 44.2 Å². The second-order valence-corrected chi connectivity index (χ2v) is 7.62. The highest BCUT2D eigenvalue weighted by molar-refractivity contribution is 5.86. The molecular weight excluding hydrogens is 319 g/mol. The molecule has 0 aromatic heterocycles. The van der Waals surface area contributed by atoms with Gasteiger partial charge in [0.25, 0.3) is 5.91 Å². The van der Waals surface area contributed by atoms with Crippen molar-refractivity contribution < 1.29 is 14.3 Å². The Morgan fingerprint density at radius 1 is 1.16 bits per heavy atom. The monoisotopic (exact) mass is 348 g/mol. The molecule has 25 heavy (non-hydrogen) atoms. The summed E-state index contributed by atoms with van der Waals surface area (Å²) in [5.41, 5.74) is -0.429. The molecule has 1 aromatic rings. The highest BCUT2D eigenvalue weighted by atomic mass is 19.1. The first-order valence-corrected chi connectivity index (χ1v) is 9.54.